The van der Waals surface area contributed by atoms with Crippen molar-refractivity contribution in [2.75, 3.05) is 11.4 Å². The van der Waals surface area contributed by atoms with Gasteiger partial charge in [0, 0.05) is 31.0 Å². The van der Waals surface area contributed by atoms with E-state index in [4.69, 9.17) is 0 Å². The molecule has 2 heterocycles. The molecule has 1 atom stereocenters. The summed E-state index contributed by atoms with van der Waals surface area (Å²) < 4.78 is 106. The Balaban J connectivity index is 1.81. The topological polar surface area (TPSA) is 69.3 Å². The fraction of sp³-hybridized carbons (Fsp3) is 0.348. The minimum absolute atomic E-state index is 0.0811. The molecule has 0 radical (unpaired) electrons. The Kier molecular flexibility index (Phi) is 7.06. The van der Waals surface area contributed by atoms with E-state index in [1.54, 1.807) is 17.0 Å². The van der Waals surface area contributed by atoms with Crippen LogP contribution in [0, 0.1) is 0 Å². The van der Waals surface area contributed by atoms with Gasteiger partial charge in [0.1, 0.15) is 0 Å². The average Bonchev–Trinajstić information content (AvgIpc) is 3.26. The highest BCUT2D eigenvalue weighted by Gasteiger charge is 2.51. The Morgan fingerprint density at radius 1 is 1.03 bits per heavy atom. The summed E-state index contributed by atoms with van der Waals surface area (Å²) in [5.41, 5.74) is -5.15. The molecule has 2 aromatic carbocycles. The number of halogens is 6. The van der Waals surface area contributed by atoms with Gasteiger partial charge in [0.15, 0.2) is 0 Å². The third-order valence-electron chi connectivity index (χ3n) is 6.06. The summed E-state index contributed by atoms with van der Waals surface area (Å²) in [5.74, 6) is 0. The second kappa shape index (κ2) is 9.77. The first kappa shape index (κ1) is 26.0. The van der Waals surface area contributed by atoms with Gasteiger partial charge in [-0.2, -0.15) is 30.6 Å². The van der Waals surface area contributed by atoms with Crippen LogP contribution < -0.4 is 4.90 Å². The first-order chi connectivity index (χ1) is 16.9. The molecule has 0 bridgehead atoms. The Bertz CT molecular complexity index is 1280. The highest BCUT2D eigenvalue weighted by molar-refractivity contribution is 7.89. The van der Waals surface area contributed by atoms with Crippen LogP contribution in [0.2, 0.25) is 0 Å². The number of hydrogen-bond acceptors (Lipinski definition) is 4. The van der Waals surface area contributed by atoms with Crippen molar-refractivity contribution in [1.29, 1.82) is 0 Å². The van der Waals surface area contributed by atoms with Crippen molar-refractivity contribution in [3.63, 3.8) is 0 Å². The number of imidazole rings is 1. The van der Waals surface area contributed by atoms with Crippen molar-refractivity contribution in [1.82, 2.24) is 14.3 Å². The van der Waals surface area contributed by atoms with E-state index in [2.05, 4.69) is 9.97 Å². The van der Waals surface area contributed by atoms with E-state index in [0.29, 0.717) is 18.2 Å². The molecule has 36 heavy (non-hydrogen) atoms. The van der Waals surface area contributed by atoms with Crippen LogP contribution in [-0.2, 0) is 35.7 Å². The van der Waals surface area contributed by atoms with E-state index in [9.17, 15) is 34.8 Å². The summed E-state index contributed by atoms with van der Waals surface area (Å²) in [7, 11) is -5.81. The summed E-state index contributed by atoms with van der Waals surface area (Å²) in [6.07, 6.45) is -1.19. The van der Waals surface area contributed by atoms with Crippen LogP contribution in [0.25, 0.3) is 0 Å². The molecule has 1 N–H and O–H groups in total. The Labute approximate surface area is 203 Å². The number of fused-ring (bicyclic) bond motifs is 1. The SMILES string of the molecule is O=S(=O)(N1Cc2cc(C(F)(F)F)ccc2N(Cc2cnc[nH]2)[C@H](CCc2ccccc2)C1)C(F)(F)F. The van der Waals surface area contributed by atoms with Crippen molar-refractivity contribution in [2.45, 2.75) is 43.7 Å². The average molecular weight is 533 g/mol. The van der Waals surface area contributed by atoms with Gasteiger partial charge in [-0.05, 0) is 42.2 Å². The number of aryl methyl sites for hydroxylation is 1. The third kappa shape index (κ3) is 5.51. The quantitative estimate of drug-likeness (QED) is 0.449. The number of alkyl halides is 6. The second-order valence-electron chi connectivity index (χ2n) is 8.47. The molecular weight excluding hydrogens is 510 g/mol. The maximum Gasteiger partial charge on any atom is 0.511 e. The lowest BCUT2D eigenvalue weighted by Gasteiger charge is -2.34. The van der Waals surface area contributed by atoms with Crippen LogP contribution in [-0.4, -0.2) is 40.8 Å². The molecule has 3 aromatic rings. The zero-order chi connectivity index (χ0) is 26.1. The van der Waals surface area contributed by atoms with Crippen molar-refractivity contribution in [3.05, 3.63) is 83.4 Å². The van der Waals surface area contributed by atoms with Gasteiger partial charge in [0.05, 0.1) is 24.1 Å². The highest BCUT2D eigenvalue weighted by atomic mass is 32.2. The van der Waals surface area contributed by atoms with Crippen LogP contribution in [0.5, 0.6) is 0 Å². The Hall–Kier alpha value is -3.06. The maximum atomic E-state index is 13.5. The van der Waals surface area contributed by atoms with E-state index < -0.39 is 46.4 Å². The predicted octanol–water partition coefficient (Wildman–Crippen LogP) is 5.10. The minimum Gasteiger partial charge on any atom is -0.361 e. The highest BCUT2D eigenvalue weighted by Crippen LogP contribution is 2.39. The van der Waals surface area contributed by atoms with E-state index in [1.165, 1.54) is 18.6 Å². The van der Waals surface area contributed by atoms with Crippen molar-refractivity contribution >= 4 is 15.7 Å². The zero-order valence-electron chi connectivity index (χ0n) is 18.7. The molecule has 0 saturated carbocycles. The number of aromatic nitrogens is 2. The molecule has 1 aliphatic rings. The minimum atomic E-state index is -5.81. The third-order valence-corrected chi connectivity index (χ3v) is 7.60. The normalized spacial score (nSPS) is 17.6. The monoisotopic (exact) mass is 532 g/mol. The number of anilines is 1. The molecule has 1 aromatic heterocycles. The predicted molar refractivity (Wildman–Crippen MR) is 120 cm³/mol. The van der Waals surface area contributed by atoms with E-state index in [0.717, 1.165) is 11.6 Å². The fourth-order valence-corrected chi connectivity index (χ4v) is 5.25. The van der Waals surface area contributed by atoms with Crippen LogP contribution >= 0.6 is 0 Å². The number of sulfonamides is 1. The summed E-state index contributed by atoms with van der Waals surface area (Å²) in [4.78, 5) is 8.47. The van der Waals surface area contributed by atoms with Gasteiger partial charge < -0.3 is 9.88 Å². The van der Waals surface area contributed by atoms with Gasteiger partial charge in [0.2, 0.25) is 0 Å². The van der Waals surface area contributed by atoms with Gasteiger partial charge in [-0.1, -0.05) is 30.3 Å². The molecule has 0 saturated heterocycles. The van der Waals surface area contributed by atoms with Crippen LogP contribution in [0.1, 0.15) is 28.8 Å². The molecule has 6 nitrogen and oxygen atoms in total. The fourth-order valence-electron chi connectivity index (χ4n) is 4.28. The van der Waals surface area contributed by atoms with Crippen molar-refractivity contribution in [2.24, 2.45) is 0 Å². The smallest absolute Gasteiger partial charge is 0.361 e. The first-order valence-electron chi connectivity index (χ1n) is 10.9. The van der Waals surface area contributed by atoms with E-state index >= 15 is 0 Å². The van der Waals surface area contributed by atoms with E-state index in [-0.39, 0.29) is 28.5 Å². The molecule has 194 valence electrons. The summed E-state index contributed by atoms with van der Waals surface area (Å²) in [6.45, 7) is -1.32. The number of nitrogens with zero attached hydrogens (tertiary/aromatic N) is 3. The van der Waals surface area contributed by atoms with Crippen LogP contribution in [0.4, 0.5) is 32.0 Å². The molecule has 0 aliphatic carbocycles. The van der Waals surface area contributed by atoms with Gasteiger partial charge in [-0.3, -0.25) is 0 Å². The molecule has 4 rings (SSSR count). The lowest BCUT2D eigenvalue weighted by molar-refractivity contribution is -0.137. The standard InChI is InChI=1S/C23H22F6N4O2S/c24-22(25,26)18-7-9-21-17(10-18)12-32(36(34,35)23(27,28)29)14-20(8-6-16-4-2-1-3-5-16)33(21)13-19-11-30-15-31-19/h1-5,7,9-11,15,20H,6,8,12-14H2,(H,30,31)/t20-/m1/s1. The Morgan fingerprint density at radius 3 is 2.36 bits per heavy atom. The summed E-state index contributed by atoms with van der Waals surface area (Å²) in [5, 5.41) is 0. The summed E-state index contributed by atoms with van der Waals surface area (Å²) in [6, 6.07) is 11.1. The Morgan fingerprint density at radius 2 is 1.75 bits per heavy atom. The number of rotatable bonds is 6. The number of hydrogen-bond donors (Lipinski definition) is 1. The molecule has 13 heteroatoms. The molecule has 0 fully saturated rings. The number of benzene rings is 2. The van der Waals surface area contributed by atoms with Crippen LogP contribution in [0.15, 0.2) is 61.1 Å². The molecule has 0 amide bonds. The van der Waals surface area contributed by atoms with Gasteiger partial charge in [0.25, 0.3) is 0 Å². The van der Waals surface area contributed by atoms with Gasteiger partial charge >= 0.3 is 21.7 Å². The molecule has 0 unspecified atom stereocenters. The largest absolute Gasteiger partial charge is 0.511 e. The number of nitrogens with one attached hydrogen (secondary N) is 1. The zero-order valence-corrected chi connectivity index (χ0v) is 19.5. The van der Waals surface area contributed by atoms with Gasteiger partial charge in [-0.15, -0.1) is 0 Å². The lowest BCUT2D eigenvalue weighted by atomic mass is 10.0. The number of H-pyrrole nitrogens is 1. The molecular formula is C23H22F6N4O2S. The van der Waals surface area contributed by atoms with Crippen molar-refractivity contribution < 1.29 is 34.8 Å². The second-order valence-corrected chi connectivity index (χ2v) is 10.4. The first-order valence-corrected chi connectivity index (χ1v) is 12.3. The number of aromatic amines is 1. The molecule has 1 aliphatic heterocycles. The lowest BCUT2D eigenvalue weighted by Crippen LogP contribution is -2.47. The van der Waals surface area contributed by atoms with Crippen molar-refractivity contribution in [3.8, 4) is 0 Å². The molecule has 0 spiro atoms. The van der Waals surface area contributed by atoms with Gasteiger partial charge in [-0.25, -0.2) is 13.4 Å². The summed E-state index contributed by atoms with van der Waals surface area (Å²) >= 11 is 0. The van der Waals surface area contributed by atoms with Crippen LogP contribution in [0.3, 0.4) is 0 Å². The van der Waals surface area contributed by atoms with E-state index in [1.807, 2.05) is 18.2 Å². The maximum absolute atomic E-state index is 13.5.